The summed E-state index contributed by atoms with van der Waals surface area (Å²) < 4.78 is 18.3. The van der Waals surface area contributed by atoms with Gasteiger partial charge in [-0.3, -0.25) is 9.89 Å². The number of nitrogens with zero attached hydrogens (tertiary/aromatic N) is 3. The van der Waals surface area contributed by atoms with Crippen LogP contribution in [0.4, 0.5) is 15.8 Å². The number of nitrogens with one attached hydrogen (secondary N) is 1. The van der Waals surface area contributed by atoms with Crippen LogP contribution in [0.1, 0.15) is 0 Å². The smallest absolute Gasteiger partial charge is 0.193 e. The minimum absolute atomic E-state index is 0. The second-order valence-corrected chi connectivity index (χ2v) is 6.40. The number of aliphatic imine (C=N–C) groups is 1. The molecule has 3 rings (SSSR count). The molecule has 28 heavy (non-hydrogen) atoms. The first-order valence-corrected chi connectivity index (χ1v) is 9.08. The maximum absolute atomic E-state index is 13.0. The van der Waals surface area contributed by atoms with Crippen molar-refractivity contribution in [3.8, 4) is 5.75 Å². The number of methoxy groups -OCH3 is 1. The van der Waals surface area contributed by atoms with E-state index in [2.05, 4.69) is 20.1 Å². The summed E-state index contributed by atoms with van der Waals surface area (Å²) in [4.78, 5) is 9.04. The number of benzene rings is 2. The van der Waals surface area contributed by atoms with E-state index in [1.165, 1.54) is 12.1 Å². The number of guanidine groups is 1. The summed E-state index contributed by atoms with van der Waals surface area (Å²) in [5.41, 5.74) is 7.85. The predicted molar refractivity (Wildman–Crippen MR) is 124 cm³/mol. The third-order valence-corrected chi connectivity index (χ3v) is 4.63. The molecule has 0 radical (unpaired) electrons. The summed E-state index contributed by atoms with van der Waals surface area (Å²) in [6, 6.07) is 14.3. The van der Waals surface area contributed by atoms with Gasteiger partial charge in [0.15, 0.2) is 5.96 Å². The largest absolute Gasteiger partial charge is 0.495 e. The predicted octanol–water partition coefficient (Wildman–Crippen LogP) is 3.00. The summed E-state index contributed by atoms with van der Waals surface area (Å²) in [6.45, 7) is 5.23. The zero-order valence-corrected chi connectivity index (χ0v) is 18.3. The van der Waals surface area contributed by atoms with E-state index in [-0.39, 0.29) is 29.8 Å². The van der Waals surface area contributed by atoms with Crippen LogP contribution in [0.5, 0.6) is 5.75 Å². The van der Waals surface area contributed by atoms with Crippen LogP contribution in [0, 0.1) is 5.82 Å². The Morgan fingerprint density at radius 2 is 1.79 bits per heavy atom. The van der Waals surface area contributed by atoms with Gasteiger partial charge in [0.2, 0.25) is 0 Å². The van der Waals surface area contributed by atoms with Crippen LogP contribution in [0.3, 0.4) is 0 Å². The lowest BCUT2D eigenvalue weighted by molar-refractivity contribution is 0.265. The molecule has 2 aromatic carbocycles. The zero-order valence-electron chi connectivity index (χ0n) is 16.0. The van der Waals surface area contributed by atoms with Gasteiger partial charge in [-0.1, -0.05) is 12.1 Å². The first-order chi connectivity index (χ1) is 13.2. The second kappa shape index (κ2) is 11.1. The van der Waals surface area contributed by atoms with Crippen LogP contribution in [0.2, 0.25) is 0 Å². The van der Waals surface area contributed by atoms with Crippen LogP contribution in [0.25, 0.3) is 0 Å². The Kier molecular flexibility index (Phi) is 8.78. The number of para-hydroxylation sites is 2. The Morgan fingerprint density at radius 3 is 2.46 bits per heavy atom. The van der Waals surface area contributed by atoms with Gasteiger partial charge in [0.1, 0.15) is 11.6 Å². The van der Waals surface area contributed by atoms with Gasteiger partial charge in [0.05, 0.1) is 19.3 Å². The SMILES string of the molecule is COc1ccccc1NC(N)=NCCN1CCN(c2ccc(F)cc2)CC1.I. The normalized spacial score (nSPS) is 15.1. The average Bonchev–Trinajstić information content (AvgIpc) is 2.69. The van der Waals surface area contributed by atoms with Crippen molar-refractivity contribution in [1.29, 1.82) is 0 Å². The van der Waals surface area contributed by atoms with Crippen molar-refractivity contribution in [2.45, 2.75) is 0 Å². The van der Waals surface area contributed by atoms with Gasteiger partial charge in [0, 0.05) is 38.4 Å². The minimum Gasteiger partial charge on any atom is -0.495 e. The van der Waals surface area contributed by atoms with Gasteiger partial charge in [0.25, 0.3) is 0 Å². The maximum Gasteiger partial charge on any atom is 0.193 e. The van der Waals surface area contributed by atoms with E-state index in [9.17, 15) is 4.39 Å². The van der Waals surface area contributed by atoms with E-state index < -0.39 is 0 Å². The van der Waals surface area contributed by atoms with Crippen molar-refractivity contribution in [2.75, 3.05) is 56.6 Å². The maximum atomic E-state index is 13.0. The number of rotatable bonds is 6. The quantitative estimate of drug-likeness (QED) is 0.364. The summed E-state index contributed by atoms with van der Waals surface area (Å²) >= 11 is 0. The number of piperazine rings is 1. The van der Waals surface area contributed by atoms with Crippen molar-refractivity contribution >= 4 is 41.3 Å². The average molecular weight is 499 g/mol. The highest BCUT2D eigenvalue weighted by molar-refractivity contribution is 14.0. The monoisotopic (exact) mass is 499 g/mol. The molecule has 1 fully saturated rings. The second-order valence-electron chi connectivity index (χ2n) is 6.40. The highest BCUT2D eigenvalue weighted by Crippen LogP contribution is 2.22. The molecular weight excluding hydrogens is 472 g/mol. The molecule has 2 aromatic rings. The lowest BCUT2D eigenvalue weighted by Gasteiger charge is -2.35. The molecule has 0 unspecified atom stereocenters. The van der Waals surface area contributed by atoms with Crippen LogP contribution in [-0.2, 0) is 0 Å². The Hall–Kier alpha value is -2.07. The van der Waals surface area contributed by atoms with Crippen molar-refractivity contribution in [3.05, 3.63) is 54.3 Å². The van der Waals surface area contributed by atoms with E-state index >= 15 is 0 Å². The fourth-order valence-corrected chi connectivity index (χ4v) is 3.12. The minimum atomic E-state index is -0.199. The van der Waals surface area contributed by atoms with Crippen LogP contribution >= 0.6 is 24.0 Å². The fraction of sp³-hybridized carbons (Fsp3) is 0.350. The number of hydrogen-bond donors (Lipinski definition) is 2. The van der Waals surface area contributed by atoms with Crippen molar-refractivity contribution in [1.82, 2.24) is 4.90 Å². The molecule has 6 nitrogen and oxygen atoms in total. The summed E-state index contributed by atoms with van der Waals surface area (Å²) in [5, 5.41) is 3.08. The van der Waals surface area contributed by atoms with Gasteiger partial charge in [-0.25, -0.2) is 4.39 Å². The Bertz CT molecular complexity index is 763. The highest BCUT2D eigenvalue weighted by Gasteiger charge is 2.16. The summed E-state index contributed by atoms with van der Waals surface area (Å²) in [6.07, 6.45) is 0. The zero-order chi connectivity index (χ0) is 19.1. The molecular formula is C20H27FIN5O. The molecule has 0 aliphatic carbocycles. The summed E-state index contributed by atoms with van der Waals surface area (Å²) in [5.74, 6) is 0.909. The van der Waals surface area contributed by atoms with E-state index in [0.717, 1.165) is 49.8 Å². The number of anilines is 2. The van der Waals surface area contributed by atoms with Crippen LogP contribution in [0.15, 0.2) is 53.5 Å². The van der Waals surface area contributed by atoms with E-state index in [1.807, 2.05) is 36.4 Å². The van der Waals surface area contributed by atoms with Crippen molar-refractivity contribution in [3.63, 3.8) is 0 Å². The number of ether oxygens (including phenoxy) is 1. The molecule has 0 saturated carbocycles. The lowest BCUT2D eigenvalue weighted by Crippen LogP contribution is -2.47. The Balaban J connectivity index is 0.00000280. The van der Waals surface area contributed by atoms with E-state index in [0.29, 0.717) is 12.5 Å². The molecule has 1 heterocycles. The van der Waals surface area contributed by atoms with Crippen molar-refractivity contribution < 1.29 is 9.13 Å². The first-order valence-electron chi connectivity index (χ1n) is 9.08. The molecule has 152 valence electrons. The molecule has 0 spiro atoms. The molecule has 1 saturated heterocycles. The van der Waals surface area contributed by atoms with E-state index in [1.54, 1.807) is 7.11 Å². The molecule has 3 N–H and O–H groups in total. The van der Waals surface area contributed by atoms with E-state index in [4.69, 9.17) is 10.5 Å². The van der Waals surface area contributed by atoms with Gasteiger partial charge in [-0.05, 0) is 36.4 Å². The third kappa shape index (κ3) is 6.23. The standard InChI is InChI=1S/C20H26FN5O.HI/c1-27-19-5-3-2-4-18(19)24-20(22)23-10-11-25-12-14-26(15-13-25)17-8-6-16(21)7-9-17;/h2-9H,10-15H2,1H3,(H3,22,23,24);1H. The third-order valence-electron chi connectivity index (χ3n) is 4.63. The molecule has 1 aliphatic heterocycles. The Labute approximate surface area is 182 Å². The van der Waals surface area contributed by atoms with Gasteiger partial charge >= 0.3 is 0 Å². The number of halogens is 2. The Morgan fingerprint density at radius 1 is 1.11 bits per heavy atom. The first kappa shape index (κ1) is 22.2. The highest BCUT2D eigenvalue weighted by atomic mass is 127. The van der Waals surface area contributed by atoms with Gasteiger partial charge in [-0.2, -0.15) is 0 Å². The van der Waals surface area contributed by atoms with Gasteiger partial charge < -0.3 is 20.7 Å². The molecule has 1 aliphatic rings. The lowest BCUT2D eigenvalue weighted by atomic mass is 10.2. The topological polar surface area (TPSA) is 66.1 Å². The van der Waals surface area contributed by atoms with Gasteiger partial charge in [-0.15, -0.1) is 24.0 Å². The molecule has 0 atom stereocenters. The summed E-state index contributed by atoms with van der Waals surface area (Å²) in [7, 11) is 1.62. The van der Waals surface area contributed by atoms with Crippen LogP contribution < -0.4 is 20.7 Å². The molecule has 0 bridgehead atoms. The fourth-order valence-electron chi connectivity index (χ4n) is 3.12. The van der Waals surface area contributed by atoms with Crippen LogP contribution in [-0.4, -0.2) is 57.2 Å². The molecule has 8 heteroatoms. The number of hydrogen-bond acceptors (Lipinski definition) is 4. The number of nitrogens with two attached hydrogens (primary N) is 1. The molecule has 0 amide bonds. The molecule has 0 aromatic heterocycles. The van der Waals surface area contributed by atoms with Crippen molar-refractivity contribution in [2.24, 2.45) is 10.7 Å².